The molecule has 3 aliphatic carbocycles. The van der Waals surface area contributed by atoms with Crippen LogP contribution in [0.25, 0.3) is 11.8 Å². The molecule has 2 fully saturated rings. The lowest BCUT2D eigenvalue weighted by Crippen LogP contribution is -2.45. The second kappa shape index (κ2) is 8.70. The Kier molecular flexibility index (Phi) is 5.60. The van der Waals surface area contributed by atoms with E-state index in [4.69, 9.17) is 0 Å². The van der Waals surface area contributed by atoms with Gasteiger partial charge in [0.15, 0.2) is 0 Å². The lowest BCUT2D eigenvalue weighted by Gasteiger charge is -2.42. The largest absolute Gasteiger partial charge is 0.389 e. The van der Waals surface area contributed by atoms with Crippen molar-refractivity contribution >= 4 is 12.0 Å². The van der Waals surface area contributed by atoms with E-state index in [1.54, 1.807) is 12.1 Å². The molecule has 36 heavy (non-hydrogen) atoms. The molecule has 0 radical (unpaired) electrons. The molecular formula is C30H32FN3O2. The van der Waals surface area contributed by atoms with Gasteiger partial charge in [-0.1, -0.05) is 36.8 Å². The van der Waals surface area contributed by atoms with E-state index in [0.717, 1.165) is 61.0 Å². The number of hydrogen-bond acceptors (Lipinski definition) is 3. The molecule has 2 aromatic carbocycles. The molecule has 0 aliphatic heterocycles. The molecule has 1 aromatic heterocycles. The van der Waals surface area contributed by atoms with Crippen LogP contribution in [0.15, 0.2) is 60.3 Å². The van der Waals surface area contributed by atoms with Crippen molar-refractivity contribution in [1.82, 2.24) is 15.1 Å². The fourth-order valence-electron chi connectivity index (χ4n) is 6.11. The van der Waals surface area contributed by atoms with Crippen LogP contribution in [0.2, 0.25) is 0 Å². The Labute approximate surface area is 211 Å². The summed E-state index contributed by atoms with van der Waals surface area (Å²) in [6.07, 6.45) is 9.79. The Bertz CT molecular complexity index is 1340. The lowest BCUT2D eigenvalue weighted by molar-refractivity contribution is -0.122. The predicted octanol–water partition coefficient (Wildman–Crippen LogP) is 5.14. The van der Waals surface area contributed by atoms with Gasteiger partial charge in [0, 0.05) is 17.9 Å². The molecule has 6 heteroatoms. The fourth-order valence-corrected chi connectivity index (χ4v) is 6.11. The number of hydrogen-bond donors (Lipinski definition) is 2. The summed E-state index contributed by atoms with van der Waals surface area (Å²) < 4.78 is 15.3. The van der Waals surface area contributed by atoms with Crippen molar-refractivity contribution in [3.63, 3.8) is 0 Å². The van der Waals surface area contributed by atoms with Crippen LogP contribution in [0, 0.1) is 17.2 Å². The summed E-state index contributed by atoms with van der Waals surface area (Å²) in [6, 6.07) is 14.6. The Morgan fingerprint density at radius 3 is 2.67 bits per heavy atom. The van der Waals surface area contributed by atoms with E-state index >= 15 is 0 Å². The van der Waals surface area contributed by atoms with Gasteiger partial charge in [-0.15, -0.1) is 0 Å². The normalized spacial score (nSPS) is 24.7. The number of amides is 1. The molecule has 3 aliphatic rings. The Balaban J connectivity index is 1.20. The molecule has 186 valence electrons. The molecule has 2 N–H and O–H groups in total. The second-order valence-corrected chi connectivity index (χ2v) is 10.9. The average Bonchev–Trinajstić information content (AvgIpc) is 3.61. The maximum atomic E-state index is 13.4. The van der Waals surface area contributed by atoms with Crippen LogP contribution >= 0.6 is 0 Å². The van der Waals surface area contributed by atoms with Gasteiger partial charge < -0.3 is 10.4 Å². The molecule has 6 rings (SSSR count). The summed E-state index contributed by atoms with van der Waals surface area (Å²) in [6.45, 7) is 2.73. The molecule has 1 unspecified atom stereocenters. The summed E-state index contributed by atoms with van der Waals surface area (Å²) in [5, 5.41) is 19.7. The number of carbonyl (C=O) groups excluding carboxylic acids is 1. The minimum atomic E-state index is -0.821. The van der Waals surface area contributed by atoms with Gasteiger partial charge >= 0.3 is 0 Å². The van der Waals surface area contributed by atoms with Gasteiger partial charge in [0.2, 0.25) is 5.91 Å². The van der Waals surface area contributed by atoms with E-state index in [0.29, 0.717) is 13.0 Å². The van der Waals surface area contributed by atoms with E-state index in [1.165, 1.54) is 23.3 Å². The fraction of sp³-hybridized carbons (Fsp3) is 0.400. The number of rotatable bonds is 7. The van der Waals surface area contributed by atoms with Crippen molar-refractivity contribution in [2.45, 2.75) is 64.0 Å². The number of fused-ring (bicyclic) bond motifs is 2. The number of halogens is 1. The molecular weight excluding hydrogens is 453 g/mol. The molecule has 2 atom stereocenters. The highest BCUT2D eigenvalue weighted by Gasteiger charge is 2.54. The SMILES string of the molecule is CC12Cc3cnn(-c4ccc(F)cc4)c3C=C1CC[C@@]2(O)CCc1ccccc1CNC(=O)C1CC1. The maximum absolute atomic E-state index is 13.4. The monoisotopic (exact) mass is 485 g/mol. The van der Waals surface area contributed by atoms with E-state index in [-0.39, 0.29) is 23.1 Å². The maximum Gasteiger partial charge on any atom is 0.223 e. The van der Waals surface area contributed by atoms with E-state index in [9.17, 15) is 14.3 Å². The number of benzene rings is 2. The van der Waals surface area contributed by atoms with Gasteiger partial charge in [-0.2, -0.15) is 5.10 Å². The number of aryl methyl sites for hydroxylation is 1. The average molecular weight is 486 g/mol. The first kappa shape index (κ1) is 23.2. The zero-order valence-electron chi connectivity index (χ0n) is 20.6. The van der Waals surface area contributed by atoms with Crippen LogP contribution in [-0.4, -0.2) is 26.4 Å². The first-order chi connectivity index (χ1) is 17.4. The Morgan fingerprint density at radius 2 is 1.92 bits per heavy atom. The molecule has 0 spiro atoms. The summed E-state index contributed by atoms with van der Waals surface area (Å²) in [7, 11) is 0. The highest BCUT2D eigenvalue weighted by molar-refractivity contribution is 5.80. The van der Waals surface area contributed by atoms with Crippen molar-refractivity contribution < 1.29 is 14.3 Å². The minimum absolute atomic E-state index is 0.153. The first-order valence-corrected chi connectivity index (χ1v) is 13.0. The van der Waals surface area contributed by atoms with Crippen LogP contribution < -0.4 is 5.32 Å². The second-order valence-electron chi connectivity index (χ2n) is 10.9. The summed E-state index contributed by atoms with van der Waals surface area (Å²) in [5.41, 5.74) is 5.35. The van der Waals surface area contributed by atoms with Gasteiger partial charge in [-0.25, -0.2) is 9.07 Å². The van der Waals surface area contributed by atoms with E-state index < -0.39 is 5.60 Å². The zero-order valence-corrected chi connectivity index (χ0v) is 20.6. The highest BCUT2D eigenvalue weighted by atomic mass is 19.1. The number of carbonyl (C=O) groups is 1. The molecule has 5 nitrogen and oxygen atoms in total. The molecule has 1 amide bonds. The lowest BCUT2D eigenvalue weighted by atomic mass is 9.65. The van der Waals surface area contributed by atoms with E-state index in [1.807, 2.05) is 23.0 Å². The molecule has 3 aromatic rings. The van der Waals surface area contributed by atoms with Gasteiger partial charge in [0.25, 0.3) is 0 Å². The van der Waals surface area contributed by atoms with Gasteiger partial charge in [0.05, 0.1) is 23.2 Å². The summed E-state index contributed by atoms with van der Waals surface area (Å²) >= 11 is 0. The van der Waals surface area contributed by atoms with Gasteiger partial charge in [-0.05, 0) is 92.0 Å². The Morgan fingerprint density at radius 1 is 1.17 bits per heavy atom. The zero-order chi connectivity index (χ0) is 24.9. The highest BCUT2D eigenvalue weighted by Crippen LogP contribution is 2.56. The standard InChI is InChI=1S/C30H32FN3O2/c1-29-17-23-19-33-34(26-10-8-25(31)9-11-26)27(23)16-24(29)13-15-30(29,36)14-12-20-4-2-3-5-22(20)18-32-28(35)21-6-7-21/h2-5,8-11,16,19,21,36H,6-7,12-15,17-18H2,1H3,(H,32,35)/t29?,30-/m0/s1. The molecule has 0 bridgehead atoms. The molecule has 1 heterocycles. The third-order valence-electron chi connectivity index (χ3n) is 8.68. The topological polar surface area (TPSA) is 67.2 Å². The third-order valence-corrected chi connectivity index (χ3v) is 8.68. The van der Waals surface area contributed by atoms with Crippen LogP contribution in [-0.2, 0) is 24.2 Å². The number of aromatic nitrogens is 2. The smallest absolute Gasteiger partial charge is 0.223 e. The molecule has 2 saturated carbocycles. The molecule has 0 saturated heterocycles. The quantitative estimate of drug-likeness (QED) is 0.487. The van der Waals surface area contributed by atoms with Crippen LogP contribution in [0.1, 0.15) is 61.4 Å². The van der Waals surface area contributed by atoms with Crippen molar-refractivity contribution in [1.29, 1.82) is 0 Å². The first-order valence-electron chi connectivity index (χ1n) is 13.0. The summed E-state index contributed by atoms with van der Waals surface area (Å²) in [4.78, 5) is 12.1. The number of nitrogens with one attached hydrogen (secondary N) is 1. The van der Waals surface area contributed by atoms with Crippen LogP contribution in [0.5, 0.6) is 0 Å². The van der Waals surface area contributed by atoms with Crippen molar-refractivity contribution in [2.75, 3.05) is 0 Å². The van der Waals surface area contributed by atoms with Crippen molar-refractivity contribution in [3.05, 3.63) is 88.5 Å². The third kappa shape index (κ3) is 3.97. The van der Waals surface area contributed by atoms with Crippen LogP contribution in [0.3, 0.4) is 0 Å². The van der Waals surface area contributed by atoms with Crippen molar-refractivity contribution in [3.8, 4) is 5.69 Å². The van der Waals surface area contributed by atoms with Crippen LogP contribution in [0.4, 0.5) is 4.39 Å². The van der Waals surface area contributed by atoms with E-state index in [2.05, 4.69) is 35.5 Å². The van der Waals surface area contributed by atoms with Gasteiger partial charge in [0.1, 0.15) is 5.82 Å². The number of aliphatic hydroxyl groups is 1. The minimum Gasteiger partial charge on any atom is -0.389 e. The number of nitrogens with zero attached hydrogens (tertiary/aromatic N) is 2. The van der Waals surface area contributed by atoms with Gasteiger partial charge in [-0.3, -0.25) is 4.79 Å². The van der Waals surface area contributed by atoms with Crippen molar-refractivity contribution in [2.24, 2.45) is 11.3 Å². The summed E-state index contributed by atoms with van der Waals surface area (Å²) in [5.74, 6) is 0.0873. The predicted molar refractivity (Wildman–Crippen MR) is 137 cm³/mol. The Hall–Kier alpha value is -3.25.